The summed E-state index contributed by atoms with van der Waals surface area (Å²) in [5, 5.41) is 0. The Bertz CT molecular complexity index is 438. The first kappa shape index (κ1) is 13.4. The van der Waals surface area contributed by atoms with Gasteiger partial charge in [-0.15, -0.1) is 11.6 Å². The molecule has 0 N–H and O–H groups in total. The summed E-state index contributed by atoms with van der Waals surface area (Å²) in [7, 11) is 0. The highest BCUT2D eigenvalue weighted by molar-refractivity contribution is 6.18. The molecule has 1 heterocycles. The summed E-state index contributed by atoms with van der Waals surface area (Å²) in [5.74, 6) is 0.618. The van der Waals surface area contributed by atoms with Gasteiger partial charge in [0.25, 0.3) is 5.91 Å². The van der Waals surface area contributed by atoms with E-state index in [9.17, 15) is 4.79 Å². The van der Waals surface area contributed by atoms with E-state index in [0.717, 1.165) is 18.5 Å². The molecular weight excluding hydrogens is 246 g/mol. The summed E-state index contributed by atoms with van der Waals surface area (Å²) < 4.78 is 0. The van der Waals surface area contributed by atoms with Crippen molar-refractivity contribution >= 4 is 17.5 Å². The van der Waals surface area contributed by atoms with Crippen molar-refractivity contribution in [3.63, 3.8) is 0 Å². The normalized spacial score (nSPS) is 22.2. The van der Waals surface area contributed by atoms with Crippen LogP contribution in [0.3, 0.4) is 0 Å². The number of aryl methyl sites for hydroxylation is 1. The van der Waals surface area contributed by atoms with Crippen LogP contribution < -0.4 is 0 Å². The topological polar surface area (TPSA) is 20.3 Å². The Balaban J connectivity index is 2.20. The fourth-order valence-corrected chi connectivity index (χ4v) is 2.92. The zero-order valence-electron chi connectivity index (χ0n) is 11.2. The Kier molecular flexibility index (Phi) is 3.67. The lowest BCUT2D eigenvalue weighted by Crippen LogP contribution is -2.37. The van der Waals surface area contributed by atoms with Crippen LogP contribution in [-0.4, -0.2) is 29.3 Å². The van der Waals surface area contributed by atoms with Gasteiger partial charge < -0.3 is 4.90 Å². The molecule has 1 amide bonds. The summed E-state index contributed by atoms with van der Waals surface area (Å²) >= 11 is 5.99. The third-order valence-electron chi connectivity index (χ3n) is 3.56. The smallest absolute Gasteiger partial charge is 0.254 e. The molecule has 1 unspecified atom stereocenters. The number of halogens is 1. The van der Waals surface area contributed by atoms with Crippen LogP contribution in [0.25, 0.3) is 0 Å². The van der Waals surface area contributed by atoms with Crippen LogP contribution in [0, 0.1) is 12.3 Å². The summed E-state index contributed by atoms with van der Waals surface area (Å²) in [5.41, 5.74) is 2.09. The molecule has 2 rings (SSSR count). The Morgan fingerprint density at radius 3 is 2.56 bits per heavy atom. The van der Waals surface area contributed by atoms with Gasteiger partial charge in [-0.1, -0.05) is 31.5 Å². The average molecular weight is 266 g/mol. The van der Waals surface area contributed by atoms with Crippen LogP contribution in [0.1, 0.15) is 36.2 Å². The predicted molar refractivity (Wildman–Crippen MR) is 75.1 cm³/mol. The second kappa shape index (κ2) is 4.93. The largest absolute Gasteiger partial charge is 0.334 e. The fraction of sp³-hybridized carbons (Fsp3) is 0.533. The number of amides is 1. The maximum atomic E-state index is 12.5. The van der Waals surface area contributed by atoms with Gasteiger partial charge in [0.1, 0.15) is 0 Å². The molecule has 1 aromatic rings. The lowest BCUT2D eigenvalue weighted by Gasteiger charge is -2.23. The molecule has 1 saturated heterocycles. The van der Waals surface area contributed by atoms with Gasteiger partial charge in [-0.3, -0.25) is 4.79 Å². The van der Waals surface area contributed by atoms with Crippen molar-refractivity contribution in [1.82, 2.24) is 4.90 Å². The van der Waals surface area contributed by atoms with Gasteiger partial charge in [0.2, 0.25) is 0 Å². The third kappa shape index (κ3) is 2.69. The first-order chi connectivity index (χ1) is 8.43. The standard InChI is InChI=1S/C15H20ClNO/c1-11-4-6-12(7-5-11)14(18)17-10-15(2,3)8-13(17)9-16/h4-7,13H,8-10H2,1-3H3. The van der Waals surface area contributed by atoms with Crippen LogP contribution in [0.15, 0.2) is 24.3 Å². The van der Waals surface area contributed by atoms with E-state index in [1.807, 2.05) is 36.1 Å². The zero-order chi connectivity index (χ0) is 13.3. The highest BCUT2D eigenvalue weighted by Crippen LogP contribution is 2.35. The van der Waals surface area contributed by atoms with E-state index in [1.165, 1.54) is 5.56 Å². The van der Waals surface area contributed by atoms with E-state index in [-0.39, 0.29) is 17.4 Å². The molecule has 0 saturated carbocycles. The van der Waals surface area contributed by atoms with Crippen molar-refractivity contribution in [1.29, 1.82) is 0 Å². The van der Waals surface area contributed by atoms with Gasteiger partial charge in [-0.25, -0.2) is 0 Å². The monoisotopic (exact) mass is 265 g/mol. The van der Waals surface area contributed by atoms with Crippen molar-refractivity contribution in [2.24, 2.45) is 5.41 Å². The molecule has 18 heavy (non-hydrogen) atoms. The molecular formula is C15H20ClNO. The van der Waals surface area contributed by atoms with Crippen LogP contribution in [-0.2, 0) is 0 Å². The highest BCUT2D eigenvalue weighted by Gasteiger charge is 2.39. The Hall–Kier alpha value is -1.02. The van der Waals surface area contributed by atoms with Gasteiger partial charge in [0, 0.05) is 24.0 Å². The Morgan fingerprint density at radius 2 is 2.00 bits per heavy atom. The Labute approximate surface area is 114 Å². The van der Waals surface area contributed by atoms with Crippen molar-refractivity contribution in [3.8, 4) is 0 Å². The molecule has 98 valence electrons. The van der Waals surface area contributed by atoms with E-state index in [4.69, 9.17) is 11.6 Å². The number of carbonyl (C=O) groups excluding carboxylic acids is 1. The zero-order valence-corrected chi connectivity index (χ0v) is 12.0. The van der Waals surface area contributed by atoms with E-state index in [2.05, 4.69) is 13.8 Å². The number of carbonyl (C=O) groups is 1. The maximum absolute atomic E-state index is 12.5. The minimum Gasteiger partial charge on any atom is -0.334 e. The average Bonchev–Trinajstić information content (AvgIpc) is 2.65. The van der Waals surface area contributed by atoms with Gasteiger partial charge in [-0.2, -0.15) is 0 Å². The molecule has 0 aromatic heterocycles. The molecule has 3 heteroatoms. The van der Waals surface area contributed by atoms with Crippen LogP contribution in [0.4, 0.5) is 0 Å². The fourth-order valence-electron chi connectivity index (χ4n) is 2.64. The van der Waals surface area contributed by atoms with Gasteiger partial charge in [-0.05, 0) is 30.9 Å². The Morgan fingerprint density at radius 1 is 1.39 bits per heavy atom. The van der Waals surface area contributed by atoms with Crippen molar-refractivity contribution in [2.45, 2.75) is 33.2 Å². The summed E-state index contributed by atoms with van der Waals surface area (Å²) in [6.45, 7) is 7.19. The first-order valence-corrected chi connectivity index (χ1v) is 6.90. The molecule has 0 spiro atoms. The number of nitrogens with zero attached hydrogens (tertiary/aromatic N) is 1. The highest BCUT2D eigenvalue weighted by atomic mass is 35.5. The predicted octanol–water partition coefficient (Wildman–Crippen LogP) is 3.47. The van der Waals surface area contributed by atoms with Gasteiger partial charge >= 0.3 is 0 Å². The van der Waals surface area contributed by atoms with E-state index < -0.39 is 0 Å². The molecule has 0 aliphatic carbocycles. The van der Waals surface area contributed by atoms with Crippen molar-refractivity contribution in [3.05, 3.63) is 35.4 Å². The number of benzene rings is 1. The van der Waals surface area contributed by atoms with Crippen LogP contribution in [0.2, 0.25) is 0 Å². The number of rotatable bonds is 2. The molecule has 1 atom stereocenters. The summed E-state index contributed by atoms with van der Waals surface area (Å²) in [6.07, 6.45) is 0.980. The molecule has 1 aromatic carbocycles. The molecule has 0 bridgehead atoms. The molecule has 1 aliphatic rings. The van der Waals surface area contributed by atoms with E-state index >= 15 is 0 Å². The lowest BCUT2D eigenvalue weighted by atomic mass is 9.91. The summed E-state index contributed by atoms with van der Waals surface area (Å²) in [4.78, 5) is 14.4. The van der Waals surface area contributed by atoms with Crippen molar-refractivity contribution in [2.75, 3.05) is 12.4 Å². The van der Waals surface area contributed by atoms with Crippen LogP contribution >= 0.6 is 11.6 Å². The minimum atomic E-state index is 0.103. The lowest BCUT2D eigenvalue weighted by molar-refractivity contribution is 0.0737. The summed E-state index contributed by atoms with van der Waals surface area (Å²) in [6, 6.07) is 7.91. The second-order valence-corrected chi connectivity index (χ2v) is 6.28. The van der Waals surface area contributed by atoms with Gasteiger partial charge in [0.15, 0.2) is 0 Å². The maximum Gasteiger partial charge on any atom is 0.254 e. The third-order valence-corrected chi connectivity index (χ3v) is 3.92. The molecule has 1 aliphatic heterocycles. The van der Waals surface area contributed by atoms with Crippen LogP contribution in [0.5, 0.6) is 0 Å². The number of alkyl halides is 1. The van der Waals surface area contributed by atoms with E-state index in [0.29, 0.717) is 5.88 Å². The number of hydrogen-bond donors (Lipinski definition) is 0. The number of likely N-dealkylation sites (tertiary alicyclic amines) is 1. The molecule has 2 nitrogen and oxygen atoms in total. The quantitative estimate of drug-likeness (QED) is 0.750. The molecule has 1 fully saturated rings. The minimum absolute atomic E-state index is 0.103. The second-order valence-electron chi connectivity index (χ2n) is 5.98. The van der Waals surface area contributed by atoms with E-state index in [1.54, 1.807) is 0 Å². The molecule has 0 radical (unpaired) electrons. The van der Waals surface area contributed by atoms with Crippen molar-refractivity contribution < 1.29 is 4.79 Å². The first-order valence-electron chi connectivity index (χ1n) is 6.36. The van der Waals surface area contributed by atoms with Gasteiger partial charge in [0.05, 0.1) is 0 Å². The SMILES string of the molecule is Cc1ccc(C(=O)N2CC(C)(C)CC2CCl)cc1. The number of hydrogen-bond acceptors (Lipinski definition) is 1.